The summed E-state index contributed by atoms with van der Waals surface area (Å²) in [5.41, 5.74) is 0. The van der Waals surface area contributed by atoms with Crippen LogP contribution in [0.25, 0.3) is 0 Å². The molecule has 2 heteroatoms. The maximum Gasteiger partial charge on any atom is 0.0673 e. The van der Waals surface area contributed by atoms with Crippen molar-refractivity contribution in [2.24, 2.45) is 11.8 Å². The van der Waals surface area contributed by atoms with E-state index in [1.807, 2.05) is 0 Å². The molecule has 0 bridgehead atoms. The predicted molar refractivity (Wildman–Crippen MR) is 49.2 cm³/mol. The van der Waals surface area contributed by atoms with Crippen LogP contribution in [0.2, 0.25) is 0 Å². The zero-order valence-electron chi connectivity index (χ0n) is 8.54. The third-order valence-electron chi connectivity index (χ3n) is 2.31. The van der Waals surface area contributed by atoms with Crippen molar-refractivity contribution in [2.75, 3.05) is 13.2 Å². The molecule has 0 radical (unpaired) electrons. The van der Waals surface area contributed by atoms with E-state index >= 15 is 0 Å². The van der Waals surface area contributed by atoms with Gasteiger partial charge in [0.25, 0.3) is 0 Å². The van der Waals surface area contributed by atoms with E-state index in [0.29, 0.717) is 24.0 Å². The molecule has 0 unspecified atom stereocenters. The van der Waals surface area contributed by atoms with Crippen molar-refractivity contribution in [1.29, 1.82) is 0 Å². The standard InChI is InChI=1S/C10H20O2/c1-7(2)12-10-8(3)5-11-6-9(10)4/h7-10H,5-6H2,1-4H3/t8-,9+,10-. The van der Waals surface area contributed by atoms with Gasteiger partial charge in [0.15, 0.2) is 0 Å². The normalized spacial score (nSPS) is 37.2. The molecule has 0 spiro atoms. The van der Waals surface area contributed by atoms with Crippen LogP contribution in [-0.2, 0) is 9.47 Å². The van der Waals surface area contributed by atoms with E-state index in [0.717, 1.165) is 13.2 Å². The van der Waals surface area contributed by atoms with Gasteiger partial charge in [0.05, 0.1) is 25.4 Å². The van der Waals surface area contributed by atoms with Crippen molar-refractivity contribution in [3.63, 3.8) is 0 Å². The molecule has 0 saturated carbocycles. The fourth-order valence-electron chi connectivity index (χ4n) is 1.77. The van der Waals surface area contributed by atoms with Crippen LogP contribution in [0.1, 0.15) is 27.7 Å². The maximum atomic E-state index is 5.84. The molecule has 1 aliphatic rings. The molecular weight excluding hydrogens is 152 g/mol. The molecule has 12 heavy (non-hydrogen) atoms. The summed E-state index contributed by atoms with van der Waals surface area (Å²) in [5.74, 6) is 1.08. The fraction of sp³-hybridized carbons (Fsp3) is 1.00. The zero-order valence-corrected chi connectivity index (χ0v) is 8.54. The number of hydrogen-bond acceptors (Lipinski definition) is 2. The van der Waals surface area contributed by atoms with Gasteiger partial charge < -0.3 is 9.47 Å². The molecule has 0 N–H and O–H groups in total. The molecule has 0 aliphatic carbocycles. The minimum absolute atomic E-state index is 0.331. The molecule has 72 valence electrons. The monoisotopic (exact) mass is 172 g/mol. The van der Waals surface area contributed by atoms with E-state index in [-0.39, 0.29) is 0 Å². The Morgan fingerprint density at radius 1 is 1.17 bits per heavy atom. The van der Waals surface area contributed by atoms with Crippen LogP contribution >= 0.6 is 0 Å². The van der Waals surface area contributed by atoms with Gasteiger partial charge in [0, 0.05) is 11.8 Å². The summed E-state index contributed by atoms with van der Waals surface area (Å²) in [6.07, 6.45) is 0.719. The lowest BCUT2D eigenvalue weighted by atomic mass is 9.92. The summed E-state index contributed by atoms with van der Waals surface area (Å²) in [4.78, 5) is 0. The van der Waals surface area contributed by atoms with Gasteiger partial charge in [0.2, 0.25) is 0 Å². The number of hydrogen-bond donors (Lipinski definition) is 0. The largest absolute Gasteiger partial charge is 0.381 e. The minimum atomic E-state index is 0.331. The first-order chi connectivity index (χ1) is 5.61. The van der Waals surface area contributed by atoms with Crippen molar-refractivity contribution in [3.05, 3.63) is 0 Å². The summed E-state index contributed by atoms with van der Waals surface area (Å²) in [7, 11) is 0. The second kappa shape index (κ2) is 4.24. The highest BCUT2D eigenvalue weighted by atomic mass is 16.5. The van der Waals surface area contributed by atoms with Gasteiger partial charge in [-0.25, -0.2) is 0 Å². The molecule has 0 aromatic carbocycles. The van der Waals surface area contributed by atoms with Crippen LogP contribution in [0.15, 0.2) is 0 Å². The lowest BCUT2D eigenvalue weighted by molar-refractivity contribution is -0.120. The van der Waals surface area contributed by atoms with E-state index in [4.69, 9.17) is 9.47 Å². The molecule has 0 aromatic heterocycles. The molecule has 2 nitrogen and oxygen atoms in total. The molecule has 1 rings (SSSR count). The van der Waals surface area contributed by atoms with Crippen LogP contribution in [0.3, 0.4) is 0 Å². The lowest BCUT2D eigenvalue weighted by Gasteiger charge is -2.35. The SMILES string of the molecule is CC(C)O[C@@H]1[C@H](C)COC[C@@H]1C. The molecule has 1 heterocycles. The fourth-order valence-corrected chi connectivity index (χ4v) is 1.77. The Kier molecular flexibility index (Phi) is 3.53. The van der Waals surface area contributed by atoms with Crippen molar-refractivity contribution in [1.82, 2.24) is 0 Å². The van der Waals surface area contributed by atoms with Gasteiger partial charge in [-0.15, -0.1) is 0 Å². The van der Waals surface area contributed by atoms with Gasteiger partial charge >= 0.3 is 0 Å². The zero-order chi connectivity index (χ0) is 9.14. The highest BCUT2D eigenvalue weighted by Gasteiger charge is 2.29. The first-order valence-corrected chi connectivity index (χ1v) is 4.84. The third kappa shape index (κ3) is 2.46. The average Bonchev–Trinajstić information content (AvgIpc) is 1.97. The molecule has 3 atom stereocenters. The first kappa shape index (κ1) is 10.0. The van der Waals surface area contributed by atoms with Crippen molar-refractivity contribution in [2.45, 2.75) is 39.9 Å². The quantitative estimate of drug-likeness (QED) is 0.635. The summed E-state index contributed by atoms with van der Waals surface area (Å²) in [6.45, 7) is 10.3. The second-order valence-corrected chi connectivity index (χ2v) is 4.14. The Morgan fingerprint density at radius 3 is 2.08 bits per heavy atom. The van der Waals surface area contributed by atoms with Crippen molar-refractivity contribution in [3.8, 4) is 0 Å². The van der Waals surface area contributed by atoms with Crippen LogP contribution in [-0.4, -0.2) is 25.4 Å². The topological polar surface area (TPSA) is 18.5 Å². The van der Waals surface area contributed by atoms with E-state index < -0.39 is 0 Å². The summed E-state index contributed by atoms with van der Waals surface area (Å²) >= 11 is 0. The van der Waals surface area contributed by atoms with Gasteiger partial charge in [-0.1, -0.05) is 13.8 Å². The van der Waals surface area contributed by atoms with E-state index in [1.54, 1.807) is 0 Å². The number of ether oxygens (including phenoxy) is 2. The minimum Gasteiger partial charge on any atom is -0.381 e. The molecule has 1 saturated heterocycles. The molecule has 1 aliphatic heterocycles. The lowest BCUT2D eigenvalue weighted by Crippen LogP contribution is -2.40. The Morgan fingerprint density at radius 2 is 1.67 bits per heavy atom. The predicted octanol–water partition coefficient (Wildman–Crippen LogP) is 2.08. The third-order valence-corrected chi connectivity index (χ3v) is 2.31. The van der Waals surface area contributed by atoms with E-state index in [9.17, 15) is 0 Å². The van der Waals surface area contributed by atoms with E-state index in [1.165, 1.54) is 0 Å². The van der Waals surface area contributed by atoms with E-state index in [2.05, 4.69) is 27.7 Å². The Hall–Kier alpha value is -0.0800. The Labute approximate surface area is 75.2 Å². The van der Waals surface area contributed by atoms with Gasteiger partial charge in [-0.05, 0) is 13.8 Å². The van der Waals surface area contributed by atoms with Gasteiger partial charge in [0.1, 0.15) is 0 Å². The van der Waals surface area contributed by atoms with Crippen molar-refractivity contribution < 1.29 is 9.47 Å². The highest BCUT2D eigenvalue weighted by Crippen LogP contribution is 2.23. The Bertz CT molecular complexity index is 124. The highest BCUT2D eigenvalue weighted by molar-refractivity contribution is 4.76. The Balaban J connectivity index is 2.45. The maximum absolute atomic E-state index is 5.84. The molecule has 1 fully saturated rings. The second-order valence-electron chi connectivity index (χ2n) is 4.14. The molecule has 0 aromatic rings. The van der Waals surface area contributed by atoms with Gasteiger partial charge in [-0.2, -0.15) is 0 Å². The van der Waals surface area contributed by atoms with Gasteiger partial charge in [-0.3, -0.25) is 0 Å². The van der Waals surface area contributed by atoms with Crippen LogP contribution in [0.4, 0.5) is 0 Å². The van der Waals surface area contributed by atoms with Crippen LogP contribution < -0.4 is 0 Å². The molecular formula is C10H20O2. The van der Waals surface area contributed by atoms with Crippen LogP contribution in [0.5, 0.6) is 0 Å². The van der Waals surface area contributed by atoms with Crippen LogP contribution in [0, 0.1) is 11.8 Å². The summed E-state index contributed by atoms with van der Waals surface area (Å²) in [6, 6.07) is 0. The summed E-state index contributed by atoms with van der Waals surface area (Å²) < 4.78 is 11.3. The number of rotatable bonds is 2. The smallest absolute Gasteiger partial charge is 0.0673 e. The average molecular weight is 172 g/mol. The van der Waals surface area contributed by atoms with Crippen molar-refractivity contribution >= 4 is 0 Å². The first-order valence-electron chi connectivity index (χ1n) is 4.84. The molecule has 0 amide bonds. The summed E-state index contributed by atoms with van der Waals surface area (Å²) in [5, 5.41) is 0.